The molecule has 0 bridgehead atoms. The Morgan fingerprint density at radius 2 is 1.88 bits per heavy atom. The van der Waals surface area contributed by atoms with Gasteiger partial charge < -0.3 is 9.80 Å². The monoisotopic (exact) mass is 443 g/mol. The molecule has 1 unspecified atom stereocenters. The number of piperidine rings is 1. The number of carbonyl (C=O) groups is 1. The maximum Gasteiger partial charge on any atom is 0.254 e. The summed E-state index contributed by atoms with van der Waals surface area (Å²) >= 11 is 0. The van der Waals surface area contributed by atoms with Crippen LogP contribution in [-0.2, 0) is 0 Å². The average Bonchev–Trinajstić information content (AvgIpc) is 2.84. The number of nitrogens with zero attached hydrogens (tertiary/aromatic N) is 5. The lowest BCUT2D eigenvalue weighted by Crippen LogP contribution is -2.50. The van der Waals surface area contributed by atoms with Crippen LogP contribution in [0.5, 0.6) is 0 Å². The van der Waals surface area contributed by atoms with Crippen molar-refractivity contribution in [3.05, 3.63) is 65.5 Å². The van der Waals surface area contributed by atoms with Crippen LogP contribution in [0, 0.1) is 19.8 Å². The summed E-state index contributed by atoms with van der Waals surface area (Å²) in [6.07, 6.45) is 4.13. The van der Waals surface area contributed by atoms with E-state index >= 15 is 0 Å². The van der Waals surface area contributed by atoms with E-state index in [0.717, 1.165) is 85.8 Å². The first kappa shape index (κ1) is 21.8. The van der Waals surface area contributed by atoms with Gasteiger partial charge in [-0.2, -0.15) is 0 Å². The second-order valence-electron chi connectivity index (χ2n) is 9.57. The summed E-state index contributed by atoms with van der Waals surface area (Å²) < 4.78 is 0. The number of carbonyl (C=O) groups excluding carboxylic acids is 1. The fourth-order valence-electron chi connectivity index (χ4n) is 5.28. The summed E-state index contributed by atoms with van der Waals surface area (Å²) in [6, 6.07) is 14.3. The second kappa shape index (κ2) is 9.48. The molecule has 1 atom stereocenters. The first-order valence-electron chi connectivity index (χ1n) is 12.1. The number of amides is 1. The molecule has 33 heavy (non-hydrogen) atoms. The lowest BCUT2D eigenvalue weighted by atomic mass is 9.95. The molecule has 2 aliphatic rings. The third-order valence-electron chi connectivity index (χ3n) is 6.99. The predicted octanol–water partition coefficient (Wildman–Crippen LogP) is 3.92. The average molecular weight is 444 g/mol. The summed E-state index contributed by atoms with van der Waals surface area (Å²) in [4.78, 5) is 29.7. The van der Waals surface area contributed by atoms with Crippen LogP contribution in [0.3, 0.4) is 0 Å². The van der Waals surface area contributed by atoms with Crippen molar-refractivity contribution in [2.24, 2.45) is 5.92 Å². The Kier molecular flexibility index (Phi) is 6.27. The molecule has 5 rings (SSSR count). The van der Waals surface area contributed by atoms with Gasteiger partial charge in [0.2, 0.25) is 0 Å². The maximum atomic E-state index is 13.6. The first-order chi connectivity index (χ1) is 16.1. The molecule has 4 heterocycles. The minimum atomic E-state index is 0.153. The Labute approximate surface area is 196 Å². The number of fused-ring (bicyclic) bond motifs is 1. The zero-order chi connectivity index (χ0) is 22.8. The van der Waals surface area contributed by atoms with Crippen molar-refractivity contribution in [2.75, 3.05) is 50.7 Å². The molecule has 3 aromatic rings. The summed E-state index contributed by atoms with van der Waals surface area (Å²) in [6.45, 7) is 10.9. The summed E-state index contributed by atoms with van der Waals surface area (Å²) in [5.41, 5.74) is 3.76. The number of anilines is 1. The number of likely N-dealkylation sites (tertiary alicyclic amines) is 1. The zero-order valence-corrected chi connectivity index (χ0v) is 19.7. The highest BCUT2D eigenvalue weighted by molar-refractivity contribution is 6.06. The molecule has 6 heteroatoms. The largest absolute Gasteiger partial charge is 0.354 e. The standard InChI is InChI=1S/C27H33N5O/c1-20-8-9-25-23(16-20)24(17-21(2)29-25)27(33)32-11-5-6-22(19-32)18-30-12-14-31(15-13-30)26-7-3-4-10-28-26/h3-4,7-10,16-17,22H,5-6,11-15,18-19H2,1-2H3. The molecule has 0 N–H and O–H groups in total. The fraction of sp³-hybridized carbons (Fsp3) is 0.444. The predicted molar refractivity (Wildman–Crippen MR) is 133 cm³/mol. The van der Waals surface area contributed by atoms with Gasteiger partial charge in [0.25, 0.3) is 5.91 Å². The van der Waals surface area contributed by atoms with Crippen molar-refractivity contribution in [2.45, 2.75) is 26.7 Å². The molecule has 0 spiro atoms. The van der Waals surface area contributed by atoms with E-state index in [1.807, 2.05) is 31.3 Å². The highest BCUT2D eigenvalue weighted by atomic mass is 16.2. The molecule has 0 saturated carbocycles. The summed E-state index contributed by atoms with van der Waals surface area (Å²) in [7, 11) is 0. The fourth-order valence-corrected chi connectivity index (χ4v) is 5.28. The summed E-state index contributed by atoms with van der Waals surface area (Å²) in [5.74, 6) is 1.75. The molecule has 2 aliphatic heterocycles. The van der Waals surface area contributed by atoms with Gasteiger partial charge in [0.1, 0.15) is 5.82 Å². The van der Waals surface area contributed by atoms with Crippen molar-refractivity contribution >= 4 is 22.6 Å². The second-order valence-corrected chi connectivity index (χ2v) is 9.57. The van der Waals surface area contributed by atoms with Crippen LogP contribution in [0.4, 0.5) is 5.82 Å². The van der Waals surface area contributed by atoms with Crippen molar-refractivity contribution in [1.29, 1.82) is 0 Å². The van der Waals surface area contributed by atoms with E-state index in [9.17, 15) is 4.79 Å². The number of rotatable bonds is 4. The van der Waals surface area contributed by atoms with Gasteiger partial charge in [-0.3, -0.25) is 14.7 Å². The van der Waals surface area contributed by atoms with Crippen LogP contribution in [0.15, 0.2) is 48.7 Å². The number of piperazine rings is 1. The Morgan fingerprint density at radius 3 is 2.67 bits per heavy atom. The smallest absolute Gasteiger partial charge is 0.254 e. The van der Waals surface area contributed by atoms with E-state index < -0.39 is 0 Å². The number of aromatic nitrogens is 2. The van der Waals surface area contributed by atoms with E-state index in [1.165, 1.54) is 6.42 Å². The third kappa shape index (κ3) is 4.86. The van der Waals surface area contributed by atoms with Crippen molar-refractivity contribution < 1.29 is 4.79 Å². The van der Waals surface area contributed by atoms with Gasteiger partial charge in [0, 0.05) is 63.1 Å². The van der Waals surface area contributed by atoms with Gasteiger partial charge in [-0.15, -0.1) is 0 Å². The molecular formula is C27H33N5O. The quantitative estimate of drug-likeness (QED) is 0.612. The third-order valence-corrected chi connectivity index (χ3v) is 6.99. The highest BCUT2D eigenvalue weighted by Gasteiger charge is 2.28. The molecule has 2 fully saturated rings. The van der Waals surface area contributed by atoms with Gasteiger partial charge >= 0.3 is 0 Å². The van der Waals surface area contributed by atoms with Crippen LogP contribution >= 0.6 is 0 Å². The Bertz CT molecular complexity index is 1120. The Hall–Kier alpha value is -2.99. The first-order valence-corrected chi connectivity index (χ1v) is 12.1. The van der Waals surface area contributed by atoms with Crippen LogP contribution in [0.25, 0.3) is 10.9 Å². The number of pyridine rings is 2. The molecular weight excluding hydrogens is 410 g/mol. The maximum absolute atomic E-state index is 13.6. The molecule has 2 aromatic heterocycles. The van der Waals surface area contributed by atoms with Crippen LogP contribution in [0.2, 0.25) is 0 Å². The lowest BCUT2D eigenvalue weighted by molar-refractivity contribution is 0.0639. The van der Waals surface area contributed by atoms with E-state index in [1.54, 1.807) is 0 Å². The molecule has 6 nitrogen and oxygen atoms in total. The molecule has 0 radical (unpaired) electrons. The number of hydrogen-bond donors (Lipinski definition) is 0. The molecule has 1 amide bonds. The van der Waals surface area contributed by atoms with Crippen molar-refractivity contribution in [3.8, 4) is 0 Å². The number of aryl methyl sites for hydroxylation is 2. The van der Waals surface area contributed by atoms with Crippen molar-refractivity contribution in [3.63, 3.8) is 0 Å². The zero-order valence-electron chi connectivity index (χ0n) is 19.7. The summed E-state index contributed by atoms with van der Waals surface area (Å²) in [5, 5.41) is 0.971. The van der Waals surface area contributed by atoms with Crippen LogP contribution in [-0.4, -0.2) is 71.5 Å². The highest BCUT2D eigenvalue weighted by Crippen LogP contribution is 2.25. The van der Waals surface area contributed by atoms with E-state index in [-0.39, 0.29) is 5.91 Å². The molecule has 172 valence electrons. The topological polar surface area (TPSA) is 52.6 Å². The van der Waals surface area contributed by atoms with Gasteiger partial charge in [0.05, 0.1) is 11.1 Å². The van der Waals surface area contributed by atoms with Gasteiger partial charge in [-0.05, 0) is 62.9 Å². The van der Waals surface area contributed by atoms with Crippen LogP contribution in [0.1, 0.15) is 34.5 Å². The Balaban J connectivity index is 1.23. The lowest BCUT2D eigenvalue weighted by Gasteiger charge is -2.39. The molecule has 0 aliphatic carbocycles. The van der Waals surface area contributed by atoms with Crippen molar-refractivity contribution in [1.82, 2.24) is 19.8 Å². The van der Waals surface area contributed by atoms with Gasteiger partial charge in [-0.1, -0.05) is 17.7 Å². The van der Waals surface area contributed by atoms with E-state index in [0.29, 0.717) is 5.92 Å². The molecule has 2 saturated heterocycles. The van der Waals surface area contributed by atoms with Crippen LogP contribution < -0.4 is 4.90 Å². The van der Waals surface area contributed by atoms with Gasteiger partial charge in [-0.25, -0.2) is 4.98 Å². The number of hydrogen-bond acceptors (Lipinski definition) is 5. The number of benzene rings is 1. The van der Waals surface area contributed by atoms with Gasteiger partial charge in [0.15, 0.2) is 0 Å². The minimum Gasteiger partial charge on any atom is -0.354 e. The molecule has 1 aromatic carbocycles. The van der Waals surface area contributed by atoms with E-state index in [2.05, 4.69) is 55.9 Å². The normalized spacial score (nSPS) is 19.8. The SMILES string of the molecule is Cc1ccc2nc(C)cc(C(=O)N3CCCC(CN4CCN(c5ccccn5)CC4)C3)c2c1. The minimum absolute atomic E-state index is 0.153. The Morgan fingerprint density at radius 1 is 1.03 bits per heavy atom. The van der Waals surface area contributed by atoms with E-state index in [4.69, 9.17) is 0 Å².